The zero-order valence-electron chi connectivity index (χ0n) is 11.8. The molecule has 2 rings (SSSR count). The summed E-state index contributed by atoms with van der Waals surface area (Å²) in [6.07, 6.45) is 1.40. The average Bonchev–Trinajstić information content (AvgIpc) is 2.49. The number of piperidine rings is 1. The predicted octanol–water partition coefficient (Wildman–Crippen LogP) is 2.66. The van der Waals surface area contributed by atoms with Crippen molar-refractivity contribution in [1.82, 2.24) is 9.62 Å². The lowest BCUT2D eigenvalue weighted by Gasteiger charge is -2.32. The van der Waals surface area contributed by atoms with E-state index in [1.54, 1.807) is 17.0 Å². The third kappa shape index (κ3) is 4.23. The second-order valence-corrected chi connectivity index (χ2v) is 7.52. The molecule has 1 N–H and O–H groups in total. The first kappa shape index (κ1) is 17.3. The van der Waals surface area contributed by atoms with Crippen molar-refractivity contribution in [1.29, 1.82) is 0 Å². The number of rotatable bonds is 4. The van der Waals surface area contributed by atoms with Crippen LogP contribution < -0.4 is 4.72 Å². The molecular weight excluding hydrogens is 347 g/mol. The van der Waals surface area contributed by atoms with Gasteiger partial charge in [0, 0.05) is 30.1 Å². The molecular formula is C14H16Cl2N2O3S. The number of amides is 1. The van der Waals surface area contributed by atoms with E-state index >= 15 is 0 Å². The van der Waals surface area contributed by atoms with Crippen molar-refractivity contribution < 1.29 is 13.2 Å². The van der Waals surface area contributed by atoms with Gasteiger partial charge in [-0.05, 0) is 31.0 Å². The van der Waals surface area contributed by atoms with E-state index in [4.69, 9.17) is 23.2 Å². The summed E-state index contributed by atoms with van der Waals surface area (Å²) < 4.78 is 25.6. The van der Waals surface area contributed by atoms with Crippen molar-refractivity contribution in [3.63, 3.8) is 0 Å². The summed E-state index contributed by atoms with van der Waals surface area (Å²) in [4.78, 5) is 14.1. The van der Waals surface area contributed by atoms with Crippen LogP contribution in [-0.4, -0.2) is 38.4 Å². The molecule has 0 aromatic heterocycles. The van der Waals surface area contributed by atoms with Gasteiger partial charge in [0.15, 0.2) is 0 Å². The molecule has 0 aliphatic carbocycles. The van der Waals surface area contributed by atoms with Gasteiger partial charge in [-0.3, -0.25) is 4.79 Å². The van der Waals surface area contributed by atoms with Gasteiger partial charge in [-0.2, -0.15) is 0 Å². The maximum atomic E-state index is 12.5. The lowest BCUT2D eigenvalue weighted by atomic mass is 10.1. The van der Waals surface area contributed by atoms with Crippen LogP contribution in [0.1, 0.15) is 23.2 Å². The molecule has 120 valence electrons. The topological polar surface area (TPSA) is 66.5 Å². The molecule has 1 heterocycles. The number of hydrogen-bond acceptors (Lipinski definition) is 3. The van der Waals surface area contributed by atoms with E-state index in [1.165, 1.54) is 6.07 Å². The molecule has 1 atom stereocenters. The molecule has 1 unspecified atom stereocenters. The first-order valence-corrected chi connectivity index (χ1v) is 9.02. The number of likely N-dealkylation sites (tertiary alicyclic amines) is 1. The van der Waals surface area contributed by atoms with Crippen molar-refractivity contribution in [3.8, 4) is 0 Å². The van der Waals surface area contributed by atoms with Crippen LogP contribution in [0.2, 0.25) is 10.0 Å². The third-order valence-corrected chi connectivity index (χ3v) is 5.27. The maximum Gasteiger partial charge on any atom is 0.253 e. The summed E-state index contributed by atoms with van der Waals surface area (Å²) in [5, 5.41) is 1.56. The summed E-state index contributed by atoms with van der Waals surface area (Å²) in [5.74, 6) is -0.193. The Balaban J connectivity index is 2.10. The molecule has 1 aliphatic rings. The fourth-order valence-corrected chi connectivity index (χ4v) is 3.40. The largest absolute Gasteiger partial charge is 0.337 e. The van der Waals surface area contributed by atoms with Crippen molar-refractivity contribution in [2.45, 2.75) is 18.9 Å². The highest BCUT2D eigenvalue weighted by Gasteiger charge is 2.26. The lowest BCUT2D eigenvalue weighted by molar-refractivity contribution is 0.0703. The van der Waals surface area contributed by atoms with Crippen LogP contribution in [0.3, 0.4) is 0 Å². The zero-order chi connectivity index (χ0) is 16.3. The first-order valence-electron chi connectivity index (χ1n) is 6.71. The number of benzene rings is 1. The second kappa shape index (κ2) is 7.00. The van der Waals surface area contributed by atoms with Crippen molar-refractivity contribution >= 4 is 39.1 Å². The van der Waals surface area contributed by atoms with E-state index in [1.807, 2.05) is 0 Å². The smallest absolute Gasteiger partial charge is 0.253 e. The summed E-state index contributed by atoms with van der Waals surface area (Å²) in [6, 6.07) is 4.38. The monoisotopic (exact) mass is 362 g/mol. The van der Waals surface area contributed by atoms with Gasteiger partial charge in [0.05, 0.1) is 10.0 Å². The summed E-state index contributed by atoms with van der Waals surface area (Å²) >= 11 is 11.8. The summed E-state index contributed by atoms with van der Waals surface area (Å²) in [5.41, 5.74) is 0.432. The predicted molar refractivity (Wildman–Crippen MR) is 87.6 cm³/mol. The fraction of sp³-hybridized carbons (Fsp3) is 0.357. The Hall–Kier alpha value is -1.08. The molecule has 1 fully saturated rings. The number of halogens is 2. The van der Waals surface area contributed by atoms with Gasteiger partial charge in [0.25, 0.3) is 5.91 Å². The molecule has 1 aliphatic heterocycles. The summed E-state index contributed by atoms with van der Waals surface area (Å²) in [6.45, 7) is 4.15. The third-order valence-electron chi connectivity index (χ3n) is 3.43. The minimum absolute atomic E-state index is 0.193. The molecule has 1 aromatic rings. The van der Waals surface area contributed by atoms with Gasteiger partial charge >= 0.3 is 0 Å². The summed E-state index contributed by atoms with van der Waals surface area (Å²) in [7, 11) is -3.51. The van der Waals surface area contributed by atoms with Crippen LogP contribution in [0.15, 0.2) is 30.2 Å². The van der Waals surface area contributed by atoms with Gasteiger partial charge in [0.1, 0.15) is 0 Å². The molecule has 0 saturated carbocycles. The van der Waals surface area contributed by atoms with Crippen LogP contribution >= 0.6 is 23.2 Å². The van der Waals surface area contributed by atoms with Gasteiger partial charge in [-0.25, -0.2) is 13.1 Å². The second-order valence-electron chi connectivity index (χ2n) is 5.05. The quantitative estimate of drug-likeness (QED) is 0.895. The molecule has 8 heteroatoms. The Morgan fingerprint density at radius 3 is 2.73 bits per heavy atom. The zero-order valence-corrected chi connectivity index (χ0v) is 14.1. The Morgan fingerprint density at radius 2 is 2.09 bits per heavy atom. The molecule has 0 bridgehead atoms. The van der Waals surface area contributed by atoms with E-state index in [9.17, 15) is 13.2 Å². The van der Waals surface area contributed by atoms with E-state index in [0.717, 1.165) is 11.8 Å². The van der Waals surface area contributed by atoms with Crippen LogP contribution in [0.5, 0.6) is 0 Å². The van der Waals surface area contributed by atoms with E-state index in [-0.39, 0.29) is 11.9 Å². The molecule has 1 saturated heterocycles. The van der Waals surface area contributed by atoms with Gasteiger partial charge < -0.3 is 4.90 Å². The number of carbonyl (C=O) groups is 1. The van der Waals surface area contributed by atoms with Crippen LogP contribution in [0, 0.1) is 0 Å². The minimum atomic E-state index is -3.51. The number of nitrogens with one attached hydrogen (secondary N) is 1. The number of carbonyl (C=O) groups excluding carboxylic acids is 1. The molecule has 0 radical (unpaired) electrons. The molecule has 1 aromatic carbocycles. The normalized spacial score (nSPS) is 19.0. The SMILES string of the molecule is C=CS(=O)(=O)NC1CCCN(C(=O)c2ccc(Cl)c(Cl)c2)C1. The number of nitrogens with zero attached hydrogens (tertiary/aromatic N) is 1. The molecule has 22 heavy (non-hydrogen) atoms. The van der Waals surface area contributed by atoms with E-state index in [2.05, 4.69) is 11.3 Å². The average molecular weight is 363 g/mol. The Morgan fingerprint density at radius 1 is 1.36 bits per heavy atom. The van der Waals surface area contributed by atoms with E-state index in [0.29, 0.717) is 35.1 Å². The van der Waals surface area contributed by atoms with Crippen LogP contribution in [0.4, 0.5) is 0 Å². The highest BCUT2D eigenvalue weighted by atomic mass is 35.5. The number of hydrogen-bond donors (Lipinski definition) is 1. The Bertz CT molecular complexity index is 691. The Kier molecular flexibility index (Phi) is 5.50. The standard InChI is InChI=1S/C14H16Cl2N2O3S/c1-2-22(20,21)17-11-4-3-7-18(9-11)14(19)10-5-6-12(15)13(16)8-10/h2,5-6,8,11,17H,1,3-4,7,9H2. The van der Waals surface area contributed by atoms with E-state index < -0.39 is 10.0 Å². The fourth-order valence-electron chi connectivity index (χ4n) is 2.35. The van der Waals surface area contributed by atoms with Crippen LogP contribution in [-0.2, 0) is 10.0 Å². The van der Waals surface area contributed by atoms with Crippen molar-refractivity contribution in [2.24, 2.45) is 0 Å². The van der Waals surface area contributed by atoms with Crippen LogP contribution in [0.25, 0.3) is 0 Å². The molecule has 5 nitrogen and oxygen atoms in total. The van der Waals surface area contributed by atoms with Crippen molar-refractivity contribution in [2.75, 3.05) is 13.1 Å². The lowest BCUT2D eigenvalue weighted by Crippen LogP contribution is -2.49. The van der Waals surface area contributed by atoms with Crippen molar-refractivity contribution in [3.05, 3.63) is 45.8 Å². The highest BCUT2D eigenvalue weighted by Crippen LogP contribution is 2.24. The maximum absolute atomic E-state index is 12.5. The highest BCUT2D eigenvalue weighted by molar-refractivity contribution is 7.92. The minimum Gasteiger partial charge on any atom is -0.337 e. The van der Waals surface area contributed by atoms with Gasteiger partial charge in [-0.1, -0.05) is 29.8 Å². The Labute approximate surface area is 139 Å². The molecule has 0 spiro atoms. The first-order chi connectivity index (χ1) is 10.3. The van der Waals surface area contributed by atoms with Gasteiger partial charge in [0.2, 0.25) is 10.0 Å². The number of sulfonamides is 1. The molecule has 1 amide bonds. The van der Waals surface area contributed by atoms with Gasteiger partial charge in [-0.15, -0.1) is 0 Å².